The van der Waals surface area contributed by atoms with Gasteiger partial charge in [-0.3, -0.25) is 4.79 Å². The number of carbonyl (C=O) groups is 1. The third kappa shape index (κ3) is 3.01. The van der Waals surface area contributed by atoms with Crippen LogP contribution in [0.5, 0.6) is 0 Å². The van der Waals surface area contributed by atoms with Gasteiger partial charge < -0.3 is 5.32 Å². The zero-order valence-electron chi connectivity index (χ0n) is 12.9. The molecule has 2 aromatic carbocycles. The van der Waals surface area contributed by atoms with E-state index in [1.54, 1.807) is 12.1 Å². The molecule has 0 aliphatic carbocycles. The van der Waals surface area contributed by atoms with Gasteiger partial charge in [0.25, 0.3) is 0 Å². The molecule has 0 spiro atoms. The number of hydrogen-bond donors (Lipinski definition) is 1. The molecule has 2 aromatic rings. The monoisotopic (exact) mass is 423 g/mol. The first-order valence-electron chi connectivity index (χ1n) is 7.63. The number of carbonyl (C=O) groups excluding carboxylic acids is 1. The number of hydrogen-bond acceptors (Lipinski definition) is 1. The first-order valence-corrected chi connectivity index (χ1v) is 9.18. The fourth-order valence-corrected chi connectivity index (χ4v) is 4.53. The van der Waals surface area contributed by atoms with Gasteiger partial charge in [-0.2, -0.15) is 0 Å². The Balaban J connectivity index is 2.13. The number of anilines is 1. The second kappa shape index (κ2) is 6.91. The van der Waals surface area contributed by atoms with Gasteiger partial charge in [0.05, 0.1) is 0 Å². The van der Waals surface area contributed by atoms with Gasteiger partial charge in [0.1, 0.15) is 4.32 Å². The normalized spacial score (nSPS) is 20.4. The van der Waals surface area contributed by atoms with Crippen LogP contribution in [-0.2, 0) is 9.12 Å². The lowest BCUT2D eigenvalue weighted by Gasteiger charge is -2.31. The van der Waals surface area contributed by atoms with Crippen LogP contribution in [0.25, 0.3) is 0 Å². The SMILES string of the molecule is C=CCCC(c1cccc(Cl)c1)C1(Br)C(=O)Nc2cc(Cl)ccc21. The summed E-state index contributed by atoms with van der Waals surface area (Å²) < 4.78 is -0.861. The molecule has 0 bridgehead atoms. The molecule has 24 heavy (non-hydrogen) atoms. The maximum Gasteiger partial charge on any atom is 0.246 e. The smallest absolute Gasteiger partial charge is 0.246 e. The van der Waals surface area contributed by atoms with Gasteiger partial charge in [-0.15, -0.1) is 6.58 Å². The predicted octanol–water partition coefficient (Wildman–Crippen LogP) is 6.29. The quantitative estimate of drug-likeness (QED) is 0.443. The average molecular weight is 425 g/mol. The molecular formula is C19H16BrCl2NO. The number of alkyl halides is 1. The topological polar surface area (TPSA) is 29.1 Å². The number of benzene rings is 2. The first kappa shape index (κ1) is 17.5. The van der Waals surface area contributed by atoms with E-state index in [0.29, 0.717) is 10.0 Å². The number of halogens is 3. The third-order valence-corrected chi connectivity index (χ3v) is 6.15. The van der Waals surface area contributed by atoms with Crippen molar-refractivity contribution >= 4 is 50.7 Å². The van der Waals surface area contributed by atoms with Crippen molar-refractivity contribution in [3.8, 4) is 0 Å². The van der Waals surface area contributed by atoms with Crippen molar-refractivity contribution in [1.29, 1.82) is 0 Å². The summed E-state index contributed by atoms with van der Waals surface area (Å²) >= 11 is 16.0. The summed E-state index contributed by atoms with van der Waals surface area (Å²) in [4.78, 5) is 12.9. The molecule has 3 rings (SSSR count). The molecule has 1 heterocycles. The Kier molecular flexibility index (Phi) is 5.05. The molecule has 2 nitrogen and oxygen atoms in total. The molecule has 0 saturated heterocycles. The number of rotatable bonds is 5. The average Bonchev–Trinajstić information content (AvgIpc) is 2.79. The highest BCUT2D eigenvalue weighted by Crippen LogP contribution is 2.53. The van der Waals surface area contributed by atoms with Crippen LogP contribution < -0.4 is 5.32 Å². The predicted molar refractivity (Wildman–Crippen MR) is 104 cm³/mol. The van der Waals surface area contributed by atoms with Crippen LogP contribution >= 0.6 is 39.1 Å². The molecule has 0 radical (unpaired) electrons. The summed E-state index contributed by atoms with van der Waals surface area (Å²) in [7, 11) is 0. The molecule has 5 heteroatoms. The maximum absolute atomic E-state index is 12.9. The third-order valence-electron chi connectivity index (χ3n) is 4.34. The molecule has 2 unspecified atom stereocenters. The van der Waals surface area contributed by atoms with Crippen LogP contribution in [0, 0.1) is 0 Å². The summed E-state index contributed by atoms with van der Waals surface area (Å²) in [5.74, 6) is -0.176. The Hall–Kier alpha value is -1.29. The summed E-state index contributed by atoms with van der Waals surface area (Å²) in [6.45, 7) is 3.81. The van der Waals surface area contributed by atoms with E-state index in [1.165, 1.54) is 0 Å². The fourth-order valence-electron chi connectivity index (χ4n) is 3.22. The lowest BCUT2D eigenvalue weighted by Crippen LogP contribution is -2.34. The minimum Gasteiger partial charge on any atom is -0.324 e. The minimum absolute atomic E-state index is 0.0865. The van der Waals surface area contributed by atoms with Crippen LogP contribution in [-0.4, -0.2) is 5.91 Å². The highest BCUT2D eigenvalue weighted by Gasteiger charge is 2.50. The Bertz CT molecular complexity index is 808. The molecule has 1 N–H and O–H groups in total. The molecule has 1 amide bonds. The maximum atomic E-state index is 12.9. The lowest BCUT2D eigenvalue weighted by molar-refractivity contribution is -0.118. The first-order chi connectivity index (χ1) is 11.5. The summed E-state index contributed by atoms with van der Waals surface area (Å²) in [5, 5.41) is 4.19. The van der Waals surface area contributed by atoms with Crippen molar-refractivity contribution in [2.24, 2.45) is 0 Å². The van der Waals surface area contributed by atoms with Gasteiger partial charge in [-0.1, -0.05) is 63.4 Å². The summed E-state index contributed by atoms with van der Waals surface area (Å²) in [6.07, 6.45) is 3.43. The van der Waals surface area contributed by atoms with Crippen molar-refractivity contribution in [2.45, 2.75) is 23.1 Å². The van der Waals surface area contributed by atoms with Crippen LogP contribution in [0.1, 0.15) is 29.9 Å². The Labute approximate surface area is 160 Å². The van der Waals surface area contributed by atoms with E-state index in [9.17, 15) is 4.79 Å². The van der Waals surface area contributed by atoms with Crippen molar-refractivity contribution in [2.75, 3.05) is 5.32 Å². The number of fused-ring (bicyclic) bond motifs is 1. The van der Waals surface area contributed by atoms with E-state index in [4.69, 9.17) is 23.2 Å². The largest absolute Gasteiger partial charge is 0.324 e. The number of nitrogens with one attached hydrogen (secondary N) is 1. The van der Waals surface area contributed by atoms with E-state index in [1.807, 2.05) is 36.4 Å². The van der Waals surface area contributed by atoms with Crippen LogP contribution in [0.15, 0.2) is 55.1 Å². The summed E-state index contributed by atoms with van der Waals surface area (Å²) in [5.41, 5.74) is 2.65. The molecule has 2 atom stereocenters. The minimum atomic E-state index is -0.861. The van der Waals surface area contributed by atoms with Gasteiger partial charge in [0, 0.05) is 27.2 Å². The number of allylic oxidation sites excluding steroid dienone is 1. The zero-order chi connectivity index (χ0) is 17.3. The van der Waals surface area contributed by atoms with Gasteiger partial charge in [0.2, 0.25) is 5.91 Å². The van der Waals surface area contributed by atoms with Gasteiger partial charge in [0.15, 0.2) is 0 Å². The van der Waals surface area contributed by atoms with Crippen LogP contribution in [0.3, 0.4) is 0 Å². The highest BCUT2D eigenvalue weighted by molar-refractivity contribution is 9.10. The van der Waals surface area contributed by atoms with Gasteiger partial charge >= 0.3 is 0 Å². The van der Waals surface area contributed by atoms with Crippen molar-refractivity contribution in [1.82, 2.24) is 0 Å². The highest BCUT2D eigenvalue weighted by atomic mass is 79.9. The van der Waals surface area contributed by atoms with E-state index >= 15 is 0 Å². The fraction of sp³-hybridized carbons (Fsp3) is 0.211. The Morgan fingerprint density at radius 2 is 1.96 bits per heavy atom. The van der Waals surface area contributed by atoms with Crippen molar-refractivity contribution < 1.29 is 4.79 Å². The van der Waals surface area contributed by atoms with E-state index < -0.39 is 4.32 Å². The second-order valence-electron chi connectivity index (χ2n) is 5.83. The second-order valence-corrected chi connectivity index (χ2v) is 7.95. The van der Waals surface area contributed by atoms with Crippen LogP contribution in [0.2, 0.25) is 10.0 Å². The number of amides is 1. The lowest BCUT2D eigenvalue weighted by atomic mass is 9.79. The van der Waals surface area contributed by atoms with Gasteiger partial charge in [-0.05, 0) is 42.7 Å². The molecule has 1 aliphatic rings. The van der Waals surface area contributed by atoms with Gasteiger partial charge in [-0.25, -0.2) is 0 Å². The molecule has 0 fully saturated rings. The standard InChI is InChI=1S/C19H16BrCl2NO/c1-2-3-7-15(12-5-4-6-13(21)10-12)19(20)16-9-8-14(22)11-17(16)23-18(19)24/h2,4-6,8-11,15H,1,3,7H2,(H,23,24). The van der Waals surface area contributed by atoms with Crippen molar-refractivity contribution in [3.63, 3.8) is 0 Å². The van der Waals surface area contributed by atoms with E-state index in [0.717, 1.165) is 29.7 Å². The van der Waals surface area contributed by atoms with Crippen molar-refractivity contribution in [3.05, 3.63) is 76.3 Å². The molecule has 124 valence electrons. The van der Waals surface area contributed by atoms with E-state index in [2.05, 4.69) is 27.8 Å². The summed E-state index contributed by atoms with van der Waals surface area (Å²) in [6, 6.07) is 13.1. The van der Waals surface area contributed by atoms with E-state index in [-0.39, 0.29) is 11.8 Å². The Morgan fingerprint density at radius 3 is 2.67 bits per heavy atom. The molecule has 0 aromatic heterocycles. The molecule has 0 saturated carbocycles. The molecular weight excluding hydrogens is 409 g/mol. The molecule has 1 aliphatic heterocycles. The van der Waals surface area contributed by atoms with Crippen LogP contribution in [0.4, 0.5) is 5.69 Å². The zero-order valence-corrected chi connectivity index (χ0v) is 16.0. The Morgan fingerprint density at radius 1 is 1.21 bits per heavy atom.